The van der Waals surface area contributed by atoms with Crippen LogP contribution in [-0.2, 0) is 0 Å². The van der Waals surface area contributed by atoms with E-state index in [1.165, 1.54) is 10.8 Å². The summed E-state index contributed by atoms with van der Waals surface area (Å²) in [6, 6.07) is 8.72. The molecule has 0 N–H and O–H groups in total. The molecule has 0 atom stereocenters. The monoisotopic (exact) mass is 135 g/mol. The number of rotatable bonds is 1. The van der Waals surface area contributed by atoms with Gasteiger partial charge in [0.2, 0.25) is 0 Å². The zero-order valence-corrected chi connectivity index (χ0v) is 7.04. The van der Waals surface area contributed by atoms with Gasteiger partial charge in [-0.25, -0.2) is 0 Å². The fourth-order valence-electron chi connectivity index (χ4n) is 0.850. The summed E-state index contributed by atoms with van der Waals surface area (Å²) in [5.74, 6) is 0. The third-order valence-corrected chi connectivity index (χ3v) is 2.40. The van der Waals surface area contributed by atoms with Crippen molar-refractivity contribution in [3.63, 3.8) is 0 Å². The summed E-state index contributed by atoms with van der Waals surface area (Å²) in [5, 5.41) is 1.51. The summed E-state index contributed by atoms with van der Waals surface area (Å²) in [5.41, 5.74) is 1.38. The minimum absolute atomic E-state index is 0.498. The van der Waals surface area contributed by atoms with Gasteiger partial charge >= 0.3 is 0 Å². The van der Waals surface area contributed by atoms with Gasteiger partial charge < -0.3 is 0 Å². The predicted molar refractivity (Wildman–Crippen MR) is 43.8 cm³/mol. The fourth-order valence-corrected chi connectivity index (χ4v) is 1.58. The molecule has 0 nitrogen and oxygen atoms in total. The first-order chi connectivity index (χ1) is 4.33. The van der Waals surface area contributed by atoms with E-state index in [0.29, 0.717) is 9.52 Å². The van der Waals surface area contributed by atoms with Crippen molar-refractivity contribution in [3.8, 4) is 0 Å². The van der Waals surface area contributed by atoms with E-state index in [2.05, 4.69) is 37.7 Å². The quantitative estimate of drug-likeness (QED) is 0.506. The zero-order chi connectivity index (χ0) is 6.69. The molecule has 47 valence electrons. The van der Waals surface area contributed by atoms with E-state index in [1.54, 1.807) is 0 Å². The van der Waals surface area contributed by atoms with E-state index in [4.69, 9.17) is 0 Å². The van der Waals surface area contributed by atoms with Crippen LogP contribution in [0.3, 0.4) is 0 Å². The average molecular weight is 135 g/mol. The maximum Gasteiger partial charge on any atom is 0.0635 e. The molecule has 0 aliphatic heterocycles. The molecule has 0 amide bonds. The Morgan fingerprint density at radius 1 is 1.33 bits per heavy atom. The van der Waals surface area contributed by atoms with E-state index in [0.717, 1.165) is 0 Å². The Labute approximate surface area is 58.7 Å². The van der Waals surface area contributed by atoms with Gasteiger partial charge in [0.1, 0.15) is 0 Å². The topological polar surface area (TPSA) is 0 Å². The zero-order valence-electron chi connectivity index (χ0n) is 5.89. The largest absolute Gasteiger partial charge is 0.0699 e. The van der Waals surface area contributed by atoms with Crippen LogP contribution in [0.15, 0.2) is 24.3 Å². The fraction of sp³-hybridized carbons (Fsp3) is 0.250. The average Bonchev–Trinajstić information content (AvgIpc) is 1.88. The number of hydrogen-bond donors (Lipinski definition) is 0. The second kappa shape index (κ2) is 2.83. The Morgan fingerprint density at radius 2 is 2.11 bits per heavy atom. The molecule has 0 aliphatic carbocycles. The summed E-state index contributed by atoms with van der Waals surface area (Å²) < 4.78 is 0. The van der Waals surface area contributed by atoms with Gasteiger partial charge in [-0.05, 0) is 6.92 Å². The van der Waals surface area contributed by atoms with Crippen molar-refractivity contribution in [2.75, 3.05) is 0 Å². The van der Waals surface area contributed by atoms with Crippen molar-refractivity contribution in [1.82, 2.24) is 0 Å². The summed E-state index contributed by atoms with van der Waals surface area (Å²) in [7, 11) is 0.498. The van der Waals surface area contributed by atoms with E-state index < -0.39 is 0 Å². The van der Waals surface area contributed by atoms with E-state index in [-0.39, 0.29) is 0 Å². The second-order valence-electron chi connectivity index (χ2n) is 2.20. The van der Waals surface area contributed by atoms with Crippen molar-refractivity contribution >= 4 is 14.7 Å². The van der Waals surface area contributed by atoms with Gasteiger partial charge in [-0.15, -0.1) is 0 Å². The number of hydrogen-bond acceptors (Lipinski definition) is 0. The van der Waals surface area contributed by atoms with Crippen LogP contribution in [0.4, 0.5) is 0 Å². The van der Waals surface area contributed by atoms with Crippen molar-refractivity contribution in [1.29, 1.82) is 0 Å². The molecule has 0 fully saturated rings. The number of aryl methyl sites for hydroxylation is 1. The number of benzene rings is 1. The molecule has 0 aliphatic rings. The van der Waals surface area contributed by atoms with Gasteiger partial charge in [-0.2, -0.15) is 0 Å². The lowest BCUT2D eigenvalue weighted by atomic mass is 10.2. The highest BCUT2D eigenvalue weighted by Crippen LogP contribution is 1.91. The molecule has 0 saturated carbocycles. The van der Waals surface area contributed by atoms with Crippen LogP contribution < -0.4 is 5.19 Å². The van der Waals surface area contributed by atoms with E-state index in [9.17, 15) is 0 Å². The first-order valence-electron chi connectivity index (χ1n) is 3.19. The smallest absolute Gasteiger partial charge is 0.0635 e. The molecule has 1 heteroatoms. The first-order valence-corrected chi connectivity index (χ1v) is 4.92. The predicted octanol–water partition coefficient (Wildman–Crippen LogP) is 1.10. The molecule has 1 aromatic carbocycles. The Balaban J connectivity index is 2.94. The molecule has 0 spiro atoms. The first kappa shape index (κ1) is 6.56. The summed E-state index contributed by atoms with van der Waals surface area (Å²) in [6.07, 6.45) is 0. The third-order valence-electron chi connectivity index (χ3n) is 1.38. The summed E-state index contributed by atoms with van der Waals surface area (Å²) >= 11 is 0. The highest BCUT2D eigenvalue weighted by Gasteiger charge is 1.86. The van der Waals surface area contributed by atoms with Crippen LogP contribution in [0.2, 0.25) is 6.55 Å². The minimum Gasteiger partial charge on any atom is -0.0699 e. The van der Waals surface area contributed by atoms with Crippen molar-refractivity contribution < 1.29 is 0 Å². The molecule has 1 rings (SSSR count). The molecule has 0 aromatic heterocycles. The molecular formula is C8H11Si. The van der Waals surface area contributed by atoms with Crippen LogP contribution in [-0.4, -0.2) is 9.52 Å². The van der Waals surface area contributed by atoms with Gasteiger partial charge in [-0.1, -0.05) is 41.6 Å². The van der Waals surface area contributed by atoms with Crippen LogP contribution in [0, 0.1) is 6.92 Å². The minimum atomic E-state index is 0.498. The normalized spacial score (nSPS) is 9.56. The molecule has 0 bridgehead atoms. The highest BCUT2D eigenvalue weighted by molar-refractivity contribution is 6.51. The molecule has 0 saturated heterocycles. The maximum absolute atomic E-state index is 2.26. The molecule has 0 unspecified atom stereocenters. The summed E-state index contributed by atoms with van der Waals surface area (Å²) in [4.78, 5) is 0. The van der Waals surface area contributed by atoms with Gasteiger partial charge in [-0.3, -0.25) is 0 Å². The molecule has 9 heavy (non-hydrogen) atoms. The van der Waals surface area contributed by atoms with E-state index in [1.807, 2.05) is 0 Å². The highest BCUT2D eigenvalue weighted by atomic mass is 28.2. The molecule has 1 aromatic rings. The maximum atomic E-state index is 2.26. The SMILES string of the molecule is C[SiH]c1cccc(C)c1. The van der Waals surface area contributed by atoms with Gasteiger partial charge in [0.05, 0.1) is 9.52 Å². The third kappa shape index (κ3) is 1.68. The lowest BCUT2D eigenvalue weighted by Gasteiger charge is -1.94. The Bertz CT molecular complexity index is 194. The Hall–Kier alpha value is -0.563. The second-order valence-corrected chi connectivity index (χ2v) is 3.45. The standard InChI is InChI=1S/C8H11Si/c1-7-4-3-5-8(6-7)9-2/h3-6,9H,1-2H3. The molecular weight excluding hydrogens is 124 g/mol. The summed E-state index contributed by atoms with van der Waals surface area (Å²) in [6.45, 7) is 4.40. The van der Waals surface area contributed by atoms with Crippen molar-refractivity contribution in [2.45, 2.75) is 13.5 Å². The van der Waals surface area contributed by atoms with Crippen LogP contribution in [0.25, 0.3) is 0 Å². The van der Waals surface area contributed by atoms with Crippen molar-refractivity contribution in [2.24, 2.45) is 0 Å². The Morgan fingerprint density at radius 3 is 2.56 bits per heavy atom. The lowest BCUT2D eigenvalue weighted by molar-refractivity contribution is 1.49. The molecule has 0 heterocycles. The van der Waals surface area contributed by atoms with Gasteiger partial charge in [0, 0.05) is 0 Å². The van der Waals surface area contributed by atoms with Crippen LogP contribution >= 0.6 is 0 Å². The molecule has 1 radical (unpaired) electrons. The van der Waals surface area contributed by atoms with Gasteiger partial charge in [0.15, 0.2) is 0 Å². The van der Waals surface area contributed by atoms with Crippen LogP contribution in [0.5, 0.6) is 0 Å². The van der Waals surface area contributed by atoms with Crippen LogP contribution in [0.1, 0.15) is 5.56 Å². The Kier molecular flexibility index (Phi) is 2.06. The van der Waals surface area contributed by atoms with Gasteiger partial charge in [0.25, 0.3) is 0 Å². The van der Waals surface area contributed by atoms with Crippen molar-refractivity contribution in [3.05, 3.63) is 29.8 Å². The lowest BCUT2D eigenvalue weighted by Crippen LogP contribution is -2.09. The van der Waals surface area contributed by atoms with E-state index >= 15 is 0 Å².